The predicted octanol–water partition coefficient (Wildman–Crippen LogP) is 2.39. The average Bonchev–Trinajstić information content (AvgIpc) is 2.38. The monoisotopic (exact) mass is 375 g/mol. The topological polar surface area (TPSA) is 62.3 Å². The Hall–Kier alpha value is -0.500. The quantitative estimate of drug-likeness (QED) is 0.880. The summed E-state index contributed by atoms with van der Waals surface area (Å²) in [4.78, 5) is 6.50. The molecule has 0 atom stereocenters. The Bertz CT molecular complexity index is 590. The van der Waals surface area contributed by atoms with Crippen LogP contribution in [0.4, 0.5) is 0 Å². The van der Waals surface area contributed by atoms with Crippen LogP contribution in [0.5, 0.6) is 0 Å². The van der Waals surface area contributed by atoms with Crippen LogP contribution in [0.25, 0.3) is 0 Å². The molecule has 7 heteroatoms. The number of nitrogens with zero attached hydrogens (tertiary/aromatic N) is 2. The highest BCUT2D eigenvalue weighted by Gasteiger charge is 2.29. The van der Waals surface area contributed by atoms with Gasteiger partial charge in [0.1, 0.15) is 4.90 Å². The smallest absolute Gasteiger partial charge is 0.242 e. The molecule has 0 saturated carbocycles. The van der Waals surface area contributed by atoms with Crippen molar-refractivity contribution in [3.8, 4) is 0 Å². The first-order valence-electron chi connectivity index (χ1n) is 7.06. The Labute approximate surface area is 135 Å². The molecule has 1 saturated heterocycles. The molecule has 0 bridgehead atoms. The SMILES string of the molecule is CC(C)(C)N1CCC(NS(=O)(=O)c2cncc(Br)c2)CC1. The molecule has 1 aromatic rings. The minimum atomic E-state index is -3.50. The molecule has 0 aromatic carbocycles. The average molecular weight is 376 g/mol. The van der Waals surface area contributed by atoms with Crippen molar-refractivity contribution in [3.63, 3.8) is 0 Å². The molecule has 1 aromatic heterocycles. The van der Waals surface area contributed by atoms with Crippen molar-refractivity contribution in [1.29, 1.82) is 0 Å². The standard InChI is InChI=1S/C14H22BrN3O2S/c1-14(2,3)18-6-4-12(5-7-18)17-21(19,20)13-8-11(15)9-16-10-13/h8-10,12,17H,4-7H2,1-3H3. The number of hydrogen-bond acceptors (Lipinski definition) is 4. The van der Waals surface area contributed by atoms with E-state index < -0.39 is 10.0 Å². The summed E-state index contributed by atoms with van der Waals surface area (Å²) in [5.74, 6) is 0. The summed E-state index contributed by atoms with van der Waals surface area (Å²) >= 11 is 3.25. The van der Waals surface area contributed by atoms with E-state index in [9.17, 15) is 8.42 Å². The molecule has 1 aliphatic rings. The largest absolute Gasteiger partial charge is 0.298 e. The van der Waals surface area contributed by atoms with Gasteiger partial charge in [-0.05, 0) is 55.6 Å². The van der Waals surface area contributed by atoms with Crippen molar-refractivity contribution in [2.45, 2.75) is 50.1 Å². The van der Waals surface area contributed by atoms with Crippen LogP contribution in [0.3, 0.4) is 0 Å². The zero-order valence-electron chi connectivity index (χ0n) is 12.6. The number of halogens is 1. The van der Waals surface area contributed by atoms with Gasteiger partial charge in [0.25, 0.3) is 0 Å². The van der Waals surface area contributed by atoms with Gasteiger partial charge in [0.2, 0.25) is 10.0 Å². The van der Waals surface area contributed by atoms with Gasteiger partial charge >= 0.3 is 0 Å². The van der Waals surface area contributed by atoms with Gasteiger partial charge in [0.15, 0.2) is 0 Å². The van der Waals surface area contributed by atoms with Gasteiger partial charge in [-0.25, -0.2) is 13.1 Å². The first kappa shape index (κ1) is 16.9. The Kier molecular flexibility index (Phi) is 5.07. The third-order valence-electron chi connectivity index (χ3n) is 3.76. The Morgan fingerprint density at radius 3 is 2.43 bits per heavy atom. The second-order valence-electron chi connectivity index (χ2n) is 6.39. The van der Waals surface area contributed by atoms with Crippen LogP contribution in [0.15, 0.2) is 27.8 Å². The lowest BCUT2D eigenvalue weighted by molar-refractivity contribution is 0.100. The van der Waals surface area contributed by atoms with Crippen LogP contribution in [0.2, 0.25) is 0 Å². The lowest BCUT2D eigenvalue weighted by atomic mass is 9.99. The van der Waals surface area contributed by atoms with E-state index in [1.54, 1.807) is 12.3 Å². The molecule has 2 heterocycles. The second-order valence-corrected chi connectivity index (χ2v) is 9.02. The minimum absolute atomic E-state index is 0.00687. The number of rotatable bonds is 3. The fourth-order valence-corrected chi connectivity index (χ4v) is 4.30. The molecular weight excluding hydrogens is 354 g/mol. The van der Waals surface area contributed by atoms with Gasteiger partial charge in [0, 0.05) is 41.5 Å². The summed E-state index contributed by atoms with van der Waals surface area (Å²) in [6.07, 6.45) is 4.61. The second kappa shape index (κ2) is 6.32. The van der Waals surface area contributed by atoms with Gasteiger partial charge in [-0.3, -0.25) is 9.88 Å². The highest BCUT2D eigenvalue weighted by Crippen LogP contribution is 2.21. The number of pyridine rings is 1. The first-order valence-corrected chi connectivity index (χ1v) is 9.34. The Morgan fingerprint density at radius 2 is 1.90 bits per heavy atom. The fraction of sp³-hybridized carbons (Fsp3) is 0.643. The molecular formula is C14H22BrN3O2S. The van der Waals surface area contributed by atoms with E-state index in [0.717, 1.165) is 25.9 Å². The maximum Gasteiger partial charge on any atom is 0.242 e. The van der Waals surface area contributed by atoms with Gasteiger partial charge < -0.3 is 0 Å². The summed E-state index contributed by atoms with van der Waals surface area (Å²) in [7, 11) is -3.50. The molecule has 2 rings (SSSR count). The van der Waals surface area contributed by atoms with Crippen LogP contribution in [-0.4, -0.2) is 43.0 Å². The highest BCUT2D eigenvalue weighted by molar-refractivity contribution is 9.10. The van der Waals surface area contributed by atoms with E-state index in [1.165, 1.54) is 6.20 Å². The highest BCUT2D eigenvalue weighted by atomic mass is 79.9. The Balaban J connectivity index is 2.00. The van der Waals surface area contributed by atoms with Crippen molar-refractivity contribution in [2.75, 3.05) is 13.1 Å². The van der Waals surface area contributed by atoms with Gasteiger partial charge in [-0.2, -0.15) is 0 Å². The molecule has 118 valence electrons. The maximum absolute atomic E-state index is 12.3. The minimum Gasteiger partial charge on any atom is -0.298 e. The molecule has 0 spiro atoms. The zero-order chi connectivity index (χ0) is 15.7. The van der Waals surface area contributed by atoms with Crippen LogP contribution >= 0.6 is 15.9 Å². The number of hydrogen-bond donors (Lipinski definition) is 1. The third kappa shape index (κ3) is 4.48. The molecule has 1 N–H and O–H groups in total. The number of piperidine rings is 1. The molecule has 0 aliphatic carbocycles. The van der Waals surface area contributed by atoms with Gasteiger partial charge in [-0.15, -0.1) is 0 Å². The third-order valence-corrected chi connectivity index (χ3v) is 5.68. The maximum atomic E-state index is 12.3. The number of aromatic nitrogens is 1. The number of likely N-dealkylation sites (tertiary alicyclic amines) is 1. The van der Waals surface area contributed by atoms with Gasteiger partial charge in [-0.1, -0.05) is 0 Å². The summed E-state index contributed by atoms with van der Waals surface area (Å²) < 4.78 is 28.1. The van der Waals surface area contributed by atoms with Crippen LogP contribution in [0.1, 0.15) is 33.6 Å². The molecule has 21 heavy (non-hydrogen) atoms. The fourth-order valence-electron chi connectivity index (χ4n) is 2.49. The predicted molar refractivity (Wildman–Crippen MR) is 86.6 cm³/mol. The molecule has 1 fully saturated rings. The molecule has 0 amide bonds. The van der Waals surface area contributed by atoms with E-state index in [4.69, 9.17) is 0 Å². The van der Waals surface area contributed by atoms with Crippen LogP contribution in [0, 0.1) is 0 Å². The lowest BCUT2D eigenvalue weighted by Crippen LogP contribution is -2.50. The van der Waals surface area contributed by atoms with E-state index in [-0.39, 0.29) is 16.5 Å². The molecule has 1 aliphatic heterocycles. The van der Waals surface area contributed by atoms with Crippen molar-refractivity contribution < 1.29 is 8.42 Å². The van der Waals surface area contributed by atoms with E-state index in [1.807, 2.05) is 0 Å². The van der Waals surface area contributed by atoms with Crippen molar-refractivity contribution in [1.82, 2.24) is 14.6 Å². The first-order chi connectivity index (χ1) is 9.68. The molecule has 0 radical (unpaired) electrons. The lowest BCUT2D eigenvalue weighted by Gasteiger charge is -2.40. The van der Waals surface area contributed by atoms with E-state index in [2.05, 4.69) is 51.3 Å². The summed E-state index contributed by atoms with van der Waals surface area (Å²) in [6, 6.07) is 1.56. The zero-order valence-corrected chi connectivity index (χ0v) is 15.0. The number of nitrogens with one attached hydrogen (secondary N) is 1. The molecule has 0 unspecified atom stereocenters. The van der Waals surface area contributed by atoms with Crippen molar-refractivity contribution >= 4 is 26.0 Å². The summed E-state index contributed by atoms with van der Waals surface area (Å²) in [5, 5.41) is 0. The van der Waals surface area contributed by atoms with E-state index >= 15 is 0 Å². The van der Waals surface area contributed by atoms with Crippen molar-refractivity contribution in [2.24, 2.45) is 0 Å². The van der Waals surface area contributed by atoms with E-state index in [0.29, 0.717) is 4.47 Å². The summed E-state index contributed by atoms with van der Waals surface area (Å²) in [5.41, 5.74) is 0.137. The van der Waals surface area contributed by atoms with Crippen LogP contribution < -0.4 is 4.72 Å². The summed E-state index contributed by atoms with van der Waals surface area (Å²) in [6.45, 7) is 8.38. The normalized spacial score (nSPS) is 18.9. The van der Waals surface area contributed by atoms with Gasteiger partial charge in [0.05, 0.1) is 0 Å². The number of sulfonamides is 1. The Morgan fingerprint density at radius 1 is 1.29 bits per heavy atom. The van der Waals surface area contributed by atoms with Crippen LogP contribution in [-0.2, 0) is 10.0 Å². The molecule has 5 nitrogen and oxygen atoms in total. The van der Waals surface area contributed by atoms with Crippen molar-refractivity contribution in [3.05, 3.63) is 22.9 Å².